The highest BCUT2D eigenvalue weighted by Gasteiger charge is 2.21. The summed E-state index contributed by atoms with van der Waals surface area (Å²) in [6.07, 6.45) is 0. The summed E-state index contributed by atoms with van der Waals surface area (Å²) in [5.74, 6) is 1.84. The van der Waals surface area contributed by atoms with Gasteiger partial charge in [-0.3, -0.25) is 10.1 Å². The molecule has 3 aromatic carbocycles. The molecule has 0 aliphatic heterocycles. The fourth-order valence-corrected chi connectivity index (χ4v) is 3.29. The number of hydrogen-bond donors (Lipinski definition) is 1. The summed E-state index contributed by atoms with van der Waals surface area (Å²) in [6.45, 7) is 0. The predicted octanol–water partition coefficient (Wildman–Crippen LogP) is 5.34. The van der Waals surface area contributed by atoms with Gasteiger partial charge in [-0.25, -0.2) is 4.98 Å². The highest BCUT2D eigenvalue weighted by atomic mass is 16.6. The minimum atomic E-state index is -0.426. The van der Waals surface area contributed by atoms with Gasteiger partial charge >= 0.3 is 0 Å². The second-order valence-corrected chi connectivity index (χ2v) is 6.55. The fraction of sp³-hybridized carbons (Fsp3) is 0.0870. The van der Waals surface area contributed by atoms with Crippen LogP contribution < -0.4 is 9.47 Å². The number of imidazole rings is 1. The second-order valence-electron chi connectivity index (χ2n) is 6.55. The van der Waals surface area contributed by atoms with Crippen LogP contribution in [0.3, 0.4) is 0 Å². The van der Waals surface area contributed by atoms with Gasteiger partial charge in [-0.1, -0.05) is 42.5 Å². The molecule has 0 aliphatic rings. The molecule has 0 aliphatic carbocycles. The number of rotatable bonds is 6. The summed E-state index contributed by atoms with van der Waals surface area (Å²) in [5.41, 5.74) is 3.56. The van der Waals surface area contributed by atoms with Crippen molar-refractivity contribution < 1.29 is 14.4 Å². The molecule has 0 radical (unpaired) electrons. The number of nitro benzene ring substituents is 1. The largest absolute Gasteiger partial charge is 0.497 e. The van der Waals surface area contributed by atoms with Gasteiger partial charge in [0.1, 0.15) is 17.3 Å². The monoisotopic (exact) mass is 401 g/mol. The Morgan fingerprint density at radius 3 is 2.37 bits per heavy atom. The second kappa shape index (κ2) is 8.08. The predicted molar refractivity (Wildman–Crippen MR) is 115 cm³/mol. The molecule has 0 spiro atoms. The van der Waals surface area contributed by atoms with Crippen LogP contribution in [0.1, 0.15) is 0 Å². The third kappa shape index (κ3) is 3.60. The highest BCUT2D eigenvalue weighted by molar-refractivity contribution is 5.85. The number of nitrogens with zero attached hydrogens (tertiary/aromatic N) is 2. The molecular formula is C23H19N3O4. The molecule has 0 fully saturated rings. The van der Waals surface area contributed by atoms with E-state index in [4.69, 9.17) is 14.5 Å². The quantitative estimate of drug-likeness (QED) is 0.348. The lowest BCUT2D eigenvalue weighted by Crippen LogP contribution is -1.94. The number of aromatic amines is 1. The average molecular weight is 401 g/mol. The van der Waals surface area contributed by atoms with E-state index in [0.717, 1.165) is 11.1 Å². The van der Waals surface area contributed by atoms with Crippen LogP contribution in [-0.2, 0) is 0 Å². The van der Waals surface area contributed by atoms with Crippen molar-refractivity contribution in [2.75, 3.05) is 14.2 Å². The molecule has 4 aromatic rings. The molecule has 0 saturated heterocycles. The number of benzene rings is 3. The van der Waals surface area contributed by atoms with Gasteiger partial charge < -0.3 is 14.5 Å². The van der Waals surface area contributed by atoms with Crippen LogP contribution in [0.2, 0.25) is 0 Å². The molecule has 1 N–H and O–H groups in total. The lowest BCUT2D eigenvalue weighted by Gasteiger charge is -2.09. The third-order valence-corrected chi connectivity index (χ3v) is 4.76. The Hall–Kier alpha value is -4.13. The normalized spacial score (nSPS) is 10.6. The fourth-order valence-electron chi connectivity index (χ4n) is 3.29. The molecule has 150 valence electrons. The Balaban J connectivity index is 1.96. The van der Waals surface area contributed by atoms with Crippen molar-refractivity contribution in [3.05, 3.63) is 82.9 Å². The van der Waals surface area contributed by atoms with Crippen molar-refractivity contribution in [2.45, 2.75) is 0 Å². The molecular weight excluding hydrogens is 382 g/mol. The molecule has 0 saturated carbocycles. The summed E-state index contributed by atoms with van der Waals surface area (Å²) in [4.78, 5) is 19.1. The lowest BCUT2D eigenvalue weighted by atomic mass is 10.0. The van der Waals surface area contributed by atoms with Crippen molar-refractivity contribution in [1.29, 1.82) is 0 Å². The maximum atomic E-state index is 11.4. The van der Waals surface area contributed by atoms with Crippen molar-refractivity contribution in [1.82, 2.24) is 9.97 Å². The van der Waals surface area contributed by atoms with Gasteiger partial charge in [0, 0.05) is 28.8 Å². The number of ether oxygens (including phenoxy) is 2. The zero-order valence-corrected chi connectivity index (χ0v) is 16.5. The van der Waals surface area contributed by atoms with Crippen LogP contribution in [0, 0.1) is 10.1 Å². The van der Waals surface area contributed by atoms with E-state index in [2.05, 4.69) is 4.98 Å². The molecule has 0 unspecified atom stereocenters. The standard InChI is InChI=1S/C23H19N3O4/c1-29-18-10-6-9-16(13-18)23-24-21(15-7-4-3-5-8-15)22(25-23)19-14-17(26(27)28)11-12-20(19)30-2/h3-14H,1-2H3,(H,24,25). The first-order chi connectivity index (χ1) is 14.6. The minimum absolute atomic E-state index is 0.0256. The first-order valence-electron chi connectivity index (χ1n) is 9.23. The van der Waals surface area contributed by atoms with E-state index < -0.39 is 4.92 Å². The third-order valence-electron chi connectivity index (χ3n) is 4.76. The van der Waals surface area contributed by atoms with Crippen LogP contribution in [0.15, 0.2) is 72.8 Å². The van der Waals surface area contributed by atoms with Gasteiger partial charge in [0.05, 0.1) is 30.5 Å². The van der Waals surface area contributed by atoms with Crippen LogP contribution in [0.5, 0.6) is 11.5 Å². The molecule has 4 rings (SSSR count). The first kappa shape index (κ1) is 19.2. The number of nitro groups is 1. The molecule has 7 heteroatoms. The maximum absolute atomic E-state index is 11.4. The van der Waals surface area contributed by atoms with E-state index in [1.807, 2.05) is 54.6 Å². The van der Waals surface area contributed by atoms with Gasteiger partial charge in [0.15, 0.2) is 0 Å². The zero-order valence-electron chi connectivity index (χ0n) is 16.5. The summed E-state index contributed by atoms with van der Waals surface area (Å²) in [7, 11) is 3.14. The number of methoxy groups -OCH3 is 2. The van der Waals surface area contributed by atoms with E-state index >= 15 is 0 Å². The molecule has 0 atom stereocenters. The van der Waals surface area contributed by atoms with Gasteiger partial charge in [0.2, 0.25) is 0 Å². The zero-order chi connectivity index (χ0) is 21.1. The Kier molecular flexibility index (Phi) is 5.17. The molecule has 1 aromatic heterocycles. The summed E-state index contributed by atoms with van der Waals surface area (Å²) in [5, 5.41) is 11.4. The number of nitrogens with one attached hydrogen (secondary N) is 1. The topological polar surface area (TPSA) is 90.3 Å². The average Bonchev–Trinajstić information content (AvgIpc) is 3.24. The van der Waals surface area contributed by atoms with E-state index in [1.54, 1.807) is 13.2 Å². The molecule has 7 nitrogen and oxygen atoms in total. The lowest BCUT2D eigenvalue weighted by molar-refractivity contribution is -0.384. The van der Waals surface area contributed by atoms with E-state index in [1.165, 1.54) is 19.2 Å². The molecule has 0 amide bonds. The Morgan fingerprint density at radius 1 is 0.900 bits per heavy atom. The highest BCUT2D eigenvalue weighted by Crippen LogP contribution is 2.39. The van der Waals surface area contributed by atoms with Crippen molar-refractivity contribution in [3.63, 3.8) is 0 Å². The van der Waals surface area contributed by atoms with E-state index in [9.17, 15) is 10.1 Å². The van der Waals surface area contributed by atoms with Crippen molar-refractivity contribution in [2.24, 2.45) is 0 Å². The van der Waals surface area contributed by atoms with Crippen LogP contribution in [0.4, 0.5) is 5.69 Å². The summed E-state index contributed by atoms with van der Waals surface area (Å²) >= 11 is 0. The summed E-state index contributed by atoms with van der Waals surface area (Å²) < 4.78 is 10.8. The van der Waals surface area contributed by atoms with Gasteiger partial charge in [-0.05, 0) is 18.2 Å². The maximum Gasteiger partial charge on any atom is 0.270 e. The van der Waals surface area contributed by atoms with Gasteiger partial charge in [0.25, 0.3) is 5.69 Å². The number of H-pyrrole nitrogens is 1. The molecule has 0 bridgehead atoms. The van der Waals surface area contributed by atoms with Crippen molar-refractivity contribution >= 4 is 5.69 Å². The SMILES string of the molecule is COc1cccc(-c2nc(-c3ccccc3)c(-c3cc([N+](=O)[O-])ccc3OC)[nH]2)c1. The van der Waals surface area contributed by atoms with E-state index in [-0.39, 0.29) is 5.69 Å². The van der Waals surface area contributed by atoms with Gasteiger partial charge in [-0.15, -0.1) is 0 Å². The number of hydrogen-bond acceptors (Lipinski definition) is 5. The smallest absolute Gasteiger partial charge is 0.270 e. The first-order valence-corrected chi connectivity index (χ1v) is 9.23. The van der Waals surface area contributed by atoms with Crippen LogP contribution in [0.25, 0.3) is 33.9 Å². The number of non-ortho nitro benzene ring substituents is 1. The minimum Gasteiger partial charge on any atom is -0.497 e. The Bertz CT molecular complexity index is 1200. The Morgan fingerprint density at radius 2 is 1.67 bits per heavy atom. The number of aromatic nitrogens is 2. The molecule has 1 heterocycles. The van der Waals surface area contributed by atoms with Crippen LogP contribution >= 0.6 is 0 Å². The van der Waals surface area contributed by atoms with Crippen molar-refractivity contribution in [3.8, 4) is 45.4 Å². The summed E-state index contributed by atoms with van der Waals surface area (Å²) in [6, 6.07) is 21.7. The van der Waals surface area contributed by atoms with Gasteiger partial charge in [-0.2, -0.15) is 0 Å². The Labute approximate surface area is 173 Å². The van der Waals surface area contributed by atoms with Crippen LogP contribution in [-0.4, -0.2) is 29.1 Å². The van der Waals surface area contributed by atoms with E-state index in [0.29, 0.717) is 34.3 Å². The molecule has 30 heavy (non-hydrogen) atoms.